The molecule has 2 aromatic carbocycles. The Kier molecular flexibility index (Phi) is 7.57. The van der Waals surface area contributed by atoms with Crippen LogP contribution in [0, 0.1) is 0 Å². The van der Waals surface area contributed by atoms with E-state index in [9.17, 15) is 9.90 Å². The summed E-state index contributed by atoms with van der Waals surface area (Å²) in [7, 11) is 0. The number of nitrogens with two attached hydrogens (primary N) is 1. The molecular formula is C25H27BrN4O3. The summed E-state index contributed by atoms with van der Waals surface area (Å²) in [5.41, 5.74) is 8.47. The van der Waals surface area contributed by atoms with Crippen LogP contribution in [-0.4, -0.2) is 40.7 Å². The minimum atomic E-state index is -1.01. The SMILES string of the molecule is NCCOc1ccc(CCc2nc(N3CCC[C@H]3c3ccc(Br)cc3)ncc2C(=O)O)cc1. The number of rotatable bonds is 9. The molecule has 0 aliphatic carbocycles. The van der Waals surface area contributed by atoms with Crippen LogP contribution in [-0.2, 0) is 12.8 Å². The Morgan fingerprint density at radius 2 is 1.91 bits per heavy atom. The minimum absolute atomic E-state index is 0.154. The van der Waals surface area contributed by atoms with Crippen molar-refractivity contribution in [1.82, 2.24) is 9.97 Å². The fourth-order valence-electron chi connectivity index (χ4n) is 4.14. The van der Waals surface area contributed by atoms with Crippen molar-refractivity contribution in [3.05, 3.63) is 81.6 Å². The first kappa shape index (κ1) is 23.2. The van der Waals surface area contributed by atoms with Crippen LogP contribution in [0.3, 0.4) is 0 Å². The molecule has 172 valence electrons. The fraction of sp³-hybridized carbons (Fsp3) is 0.320. The number of carboxylic acids is 1. The van der Waals surface area contributed by atoms with Gasteiger partial charge >= 0.3 is 5.97 Å². The lowest BCUT2D eigenvalue weighted by Gasteiger charge is -2.25. The predicted molar refractivity (Wildman–Crippen MR) is 131 cm³/mol. The molecule has 0 saturated carbocycles. The maximum atomic E-state index is 11.8. The van der Waals surface area contributed by atoms with Gasteiger partial charge in [-0.15, -0.1) is 0 Å². The zero-order chi connectivity index (χ0) is 23.2. The highest BCUT2D eigenvalue weighted by atomic mass is 79.9. The Labute approximate surface area is 201 Å². The van der Waals surface area contributed by atoms with Crippen LogP contribution in [0.2, 0.25) is 0 Å². The molecule has 1 aromatic heterocycles. The van der Waals surface area contributed by atoms with Crippen LogP contribution in [0.4, 0.5) is 5.95 Å². The monoisotopic (exact) mass is 510 g/mol. The van der Waals surface area contributed by atoms with Crippen molar-refractivity contribution in [3.8, 4) is 5.75 Å². The Balaban J connectivity index is 1.53. The molecule has 0 unspecified atom stereocenters. The number of aromatic carboxylic acids is 1. The number of aryl methyl sites for hydroxylation is 2. The van der Waals surface area contributed by atoms with Gasteiger partial charge in [-0.05, 0) is 61.1 Å². The molecule has 4 rings (SSSR count). The first-order chi connectivity index (χ1) is 16.0. The van der Waals surface area contributed by atoms with Crippen molar-refractivity contribution >= 4 is 27.8 Å². The van der Waals surface area contributed by atoms with Gasteiger partial charge in [-0.2, -0.15) is 0 Å². The standard InChI is InChI=1S/C25H27BrN4O3/c26-19-8-6-18(7-9-19)23-2-1-14-30(23)25-28-16-21(24(31)32)22(29-25)12-5-17-3-10-20(11-4-17)33-15-13-27/h3-4,6-11,16,23H,1-2,5,12-15,27H2,(H,31,32)/t23-/m0/s1. The van der Waals surface area contributed by atoms with E-state index in [1.54, 1.807) is 0 Å². The van der Waals surface area contributed by atoms with Gasteiger partial charge in [0.1, 0.15) is 12.4 Å². The van der Waals surface area contributed by atoms with Crippen molar-refractivity contribution in [2.24, 2.45) is 5.73 Å². The molecule has 3 aromatic rings. The van der Waals surface area contributed by atoms with Crippen molar-refractivity contribution in [2.75, 3.05) is 24.6 Å². The van der Waals surface area contributed by atoms with Gasteiger partial charge in [0.05, 0.1) is 17.3 Å². The Morgan fingerprint density at radius 3 is 2.61 bits per heavy atom. The minimum Gasteiger partial charge on any atom is -0.492 e. The van der Waals surface area contributed by atoms with E-state index in [1.807, 2.05) is 36.4 Å². The Morgan fingerprint density at radius 1 is 1.15 bits per heavy atom. The molecule has 1 aliphatic rings. The summed E-state index contributed by atoms with van der Waals surface area (Å²) in [4.78, 5) is 23.1. The molecule has 8 heteroatoms. The lowest BCUT2D eigenvalue weighted by atomic mass is 10.0. The van der Waals surface area contributed by atoms with Gasteiger partial charge in [0.15, 0.2) is 0 Å². The van der Waals surface area contributed by atoms with Gasteiger partial charge < -0.3 is 20.5 Å². The third kappa shape index (κ3) is 5.69. The molecule has 7 nitrogen and oxygen atoms in total. The van der Waals surface area contributed by atoms with Crippen LogP contribution in [0.5, 0.6) is 5.75 Å². The molecule has 2 heterocycles. The van der Waals surface area contributed by atoms with E-state index in [1.165, 1.54) is 11.8 Å². The van der Waals surface area contributed by atoms with E-state index in [2.05, 4.69) is 37.9 Å². The van der Waals surface area contributed by atoms with Gasteiger partial charge in [0, 0.05) is 23.8 Å². The molecule has 1 atom stereocenters. The lowest BCUT2D eigenvalue weighted by Crippen LogP contribution is -2.25. The number of hydrogen-bond donors (Lipinski definition) is 2. The largest absolute Gasteiger partial charge is 0.492 e. The average molecular weight is 511 g/mol. The summed E-state index contributed by atoms with van der Waals surface area (Å²) in [6, 6.07) is 16.3. The summed E-state index contributed by atoms with van der Waals surface area (Å²) in [6.07, 6.45) is 4.68. The number of hydrogen-bond acceptors (Lipinski definition) is 6. The van der Waals surface area contributed by atoms with E-state index < -0.39 is 5.97 Å². The summed E-state index contributed by atoms with van der Waals surface area (Å²) >= 11 is 3.49. The van der Waals surface area contributed by atoms with E-state index in [0.29, 0.717) is 37.6 Å². The van der Waals surface area contributed by atoms with Crippen LogP contribution < -0.4 is 15.4 Å². The fourth-order valence-corrected chi connectivity index (χ4v) is 4.41. The summed E-state index contributed by atoms with van der Waals surface area (Å²) < 4.78 is 6.56. The highest BCUT2D eigenvalue weighted by Crippen LogP contribution is 2.35. The number of aromatic nitrogens is 2. The van der Waals surface area contributed by atoms with Gasteiger partial charge in [-0.25, -0.2) is 14.8 Å². The van der Waals surface area contributed by atoms with Gasteiger partial charge in [0.2, 0.25) is 5.95 Å². The summed E-state index contributed by atoms with van der Waals surface area (Å²) in [6.45, 7) is 1.79. The third-order valence-electron chi connectivity index (χ3n) is 5.81. The van der Waals surface area contributed by atoms with Crippen molar-refractivity contribution in [2.45, 2.75) is 31.7 Å². The molecule has 1 aliphatic heterocycles. The third-order valence-corrected chi connectivity index (χ3v) is 6.34. The van der Waals surface area contributed by atoms with Crippen molar-refractivity contribution < 1.29 is 14.6 Å². The molecular weight excluding hydrogens is 484 g/mol. The molecule has 0 radical (unpaired) electrons. The van der Waals surface area contributed by atoms with E-state index in [4.69, 9.17) is 15.5 Å². The number of anilines is 1. The predicted octanol–water partition coefficient (Wildman–Crippen LogP) is 4.40. The van der Waals surface area contributed by atoms with Gasteiger partial charge in [0.25, 0.3) is 0 Å². The van der Waals surface area contributed by atoms with Gasteiger partial charge in [-0.1, -0.05) is 40.2 Å². The molecule has 1 saturated heterocycles. The quantitative estimate of drug-likeness (QED) is 0.439. The maximum Gasteiger partial charge on any atom is 0.339 e. The van der Waals surface area contributed by atoms with E-state index in [-0.39, 0.29) is 11.6 Å². The first-order valence-electron chi connectivity index (χ1n) is 11.1. The number of halogens is 1. The van der Waals surface area contributed by atoms with Gasteiger partial charge in [-0.3, -0.25) is 0 Å². The normalized spacial score (nSPS) is 15.6. The maximum absolute atomic E-state index is 11.8. The number of nitrogens with zero attached hydrogens (tertiary/aromatic N) is 3. The Bertz CT molecular complexity index is 1090. The second-order valence-electron chi connectivity index (χ2n) is 8.02. The first-order valence-corrected chi connectivity index (χ1v) is 11.9. The highest BCUT2D eigenvalue weighted by molar-refractivity contribution is 9.10. The second kappa shape index (κ2) is 10.8. The number of ether oxygens (including phenoxy) is 1. The molecule has 0 amide bonds. The van der Waals surface area contributed by atoms with Crippen LogP contribution >= 0.6 is 15.9 Å². The molecule has 3 N–H and O–H groups in total. The number of carbonyl (C=O) groups is 1. The second-order valence-corrected chi connectivity index (χ2v) is 8.94. The van der Waals surface area contributed by atoms with Crippen molar-refractivity contribution in [3.63, 3.8) is 0 Å². The van der Waals surface area contributed by atoms with Crippen molar-refractivity contribution in [1.29, 1.82) is 0 Å². The topological polar surface area (TPSA) is 102 Å². The smallest absolute Gasteiger partial charge is 0.339 e. The number of carboxylic acid groups (broad SMARTS) is 1. The Hall–Kier alpha value is -2.97. The molecule has 0 bridgehead atoms. The van der Waals surface area contributed by atoms with E-state index in [0.717, 1.165) is 35.2 Å². The summed E-state index contributed by atoms with van der Waals surface area (Å²) in [5.74, 6) is 0.353. The van der Waals surface area contributed by atoms with Crippen LogP contribution in [0.1, 0.15) is 46.1 Å². The molecule has 1 fully saturated rings. The average Bonchev–Trinajstić information content (AvgIpc) is 3.32. The lowest BCUT2D eigenvalue weighted by molar-refractivity contribution is 0.0694. The van der Waals surface area contributed by atoms with Crippen LogP contribution in [0.25, 0.3) is 0 Å². The van der Waals surface area contributed by atoms with E-state index >= 15 is 0 Å². The molecule has 33 heavy (non-hydrogen) atoms. The zero-order valence-electron chi connectivity index (χ0n) is 18.3. The van der Waals surface area contributed by atoms with Crippen LogP contribution in [0.15, 0.2) is 59.2 Å². The zero-order valence-corrected chi connectivity index (χ0v) is 19.9. The summed E-state index contributed by atoms with van der Waals surface area (Å²) in [5, 5.41) is 9.67. The molecule has 0 spiro atoms. The number of benzene rings is 2. The highest BCUT2D eigenvalue weighted by Gasteiger charge is 2.29.